The second-order valence-electron chi connectivity index (χ2n) is 5.05. The van der Waals surface area contributed by atoms with Crippen LogP contribution in [0, 0.1) is 5.92 Å². The first-order valence-electron chi connectivity index (χ1n) is 6.26. The van der Waals surface area contributed by atoms with Crippen molar-refractivity contribution in [2.75, 3.05) is 46.6 Å². The lowest BCUT2D eigenvalue weighted by molar-refractivity contribution is -0.114. The second-order valence-corrected chi connectivity index (χ2v) is 5.05. The topological polar surface area (TPSA) is 41.9 Å². The van der Waals surface area contributed by atoms with Crippen molar-refractivity contribution in [2.45, 2.75) is 24.9 Å². The Hall–Kier alpha value is -0.160. The molecular weight excluding hydrogens is 206 g/mol. The number of nitrogens with zero attached hydrogens (tertiary/aromatic N) is 1. The van der Waals surface area contributed by atoms with Gasteiger partial charge < -0.3 is 14.6 Å². The molecule has 0 aromatic carbocycles. The van der Waals surface area contributed by atoms with Gasteiger partial charge in [-0.25, -0.2) is 0 Å². The molecule has 0 aromatic heterocycles. The molecule has 1 aliphatic carbocycles. The molecular formula is C12H23NO3. The molecule has 94 valence electrons. The van der Waals surface area contributed by atoms with Gasteiger partial charge in [0.25, 0.3) is 0 Å². The molecule has 1 N–H and O–H groups in total. The zero-order chi connectivity index (χ0) is 11.4. The van der Waals surface area contributed by atoms with Crippen molar-refractivity contribution in [3.8, 4) is 0 Å². The molecule has 4 nitrogen and oxygen atoms in total. The van der Waals surface area contributed by atoms with Gasteiger partial charge in [-0.1, -0.05) is 0 Å². The molecule has 2 aliphatic rings. The van der Waals surface area contributed by atoms with Gasteiger partial charge >= 0.3 is 0 Å². The second kappa shape index (κ2) is 5.45. The van der Waals surface area contributed by atoms with Crippen molar-refractivity contribution < 1.29 is 14.6 Å². The number of likely N-dealkylation sites (tertiary alicyclic amines) is 1. The van der Waals surface area contributed by atoms with Crippen molar-refractivity contribution in [2.24, 2.45) is 5.92 Å². The molecule has 0 unspecified atom stereocenters. The molecule has 2 fully saturated rings. The van der Waals surface area contributed by atoms with E-state index in [4.69, 9.17) is 9.47 Å². The molecule has 2 rings (SSSR count). The quantitative estimate of drug-likeness (QED) is 0.615. The van der Waals surface area contributed by atoms with Crippen LogP contribution in [0.1, 0.15) is 19.3 Å². The summed E-state index contributed by atoms with van der Waals surface area (Å²) in [5.41, 5.74) is -0.336. The molecule has 1 aliphatic heterocycles. The van der Waals surface area contributed by atoms with Crippen LogP contribution < -0.4 is 0 Å². The summed E-state index contributed by atoms with van der Waals surface area (Å²) in [5.74, 6) is 0.599. The van der Waals surface area contributed by atoms with Crippen molar-refractivity contribution in [3.05, 3.63) is 0 Å². The molecule has 0 spiro atoms. The lowest BCUT2D eigenvalue weighted by Crippen LogP contribution is -2.63. The van der Waals surface area contributed by atoms with Crippen LogP contribution in [-0.4, -0.2) is 62.2 Å². The summed E-state index contributed by atoms with van der Waals surface area (Å²) in [6, 6.07) is 0. The number of ether oxygens (including phenoxy) is 2. The Bertz CT molecular complexity index is 212. The summed E-state index contributed by atoms with van der Waals surface area (Å²) in [7, 11) is 1.68. The Labute approximate surface area is 97.5 Å². The highest BCUT2D eigenvalue weighted by Gasteiger charge is 2.51. The molecule has 0 radical (unpaired) electrons. The predicted molar refractivity (Wildman–Crippen MR) is 61.4 cm³/mol. The Balaban J connectivity index is 1.44. The minimum atomic E-state index is -0.336. The van der Waals surface area contributed by atoms with Gasteiger partial charge in [0, 0.05) is 33.4 Å². The van der Waals surface area contributed by atoms with Gasteiger partial charge in [0.1, 0.15) is 0 Å². The van der Waals surface area contributed by atoms with Crippen LogP contribution >= 0.6 is 0 Å². The normalized spacial score (nSPS) is 24.4. The molecule has 16 heavy (non-hydrogen) atoms. The van der Waals surface area contributed by atoms with E-state index >= 15 is 0 Å². The maximum Gasteiger partial charge on any atom is 0.0928 e. The van der Waals surface area contributed by atoms with Crippen LogP contribution in [0.3, 0.4) is 0 Å². The standard InChI is InChI=1S/C12H23NO3/c1-15-7-8-16-6-2-5-13-9-12(14,10-13)11-3-4-11/h11,14H,2-10H2,1H3. The number of hydrogen-bond acceptors (Lipinski definition) is 4. The number of β-amino-alcohol motifs (C(OH)–C–C–N with tert-alkyl or cyclic N) is 1. The van der Waals surface area contributed by atoms with Gasteiger partial charge in [0.15, 0.2) is 0 Å². The third-order valence-corrected chi connectivity index (χ3v) is 3.53. The first kappa shape index (κ1) is 12.3. The summed E-state index contributed by atoms with van der Waals surface area (Å²) in [5, 5.41) is 10.1. The highest BCUT2D eigenvalue weighted by atomic mass is 16.5. The van der Waals surface area contributed by atoms with Crippen LogP contribution in [0.15, 0.2) is 0 Å². The van der Waals surface area contributed by atoms with E-state index in [1.807, 2.05) is 0 Å². The molecule has 0 aromatic rings. The van der Waals surface area contributed by atoms with Crippen LogP contribution in [0.5, 0.6) is 0 Å². The highest BCUT2D eigenvalue weighted by molar-refractivity contribution is 5.05. The summed E-state index contributed by atoms with van der Waals surface area (Å²) < 4.78 is 10.3. The Morgan fingerprint density at radius 2 is 2.00 bits per heavy atom. The average Bonchev–Trinajstić information content (AvgIpc) is 3.03. The lowest BCUT2D eigenvalue weighted by atomic mass is 9.89. The van der Waals surface area contributed by atoms with Gasteiger partial charge in [-0.15, -0.1) is 0 Å². The zero-order valence-corrected chi connectivity index (χ0v) is 10.2. The smallest absolute Gasteiger partial charge is 0.0928 e. The van der Waals surface area contributed by atoms with Gasteiger partial charge in [0.2, 0.25) is 0 Å². The molecule has 4 heteroatoms. The van der Waals surface area contributed by atoms with E-state index in [9.17, 15) is 5.11 Å². The van der Waals surface area contributed by atoms with E-state index in [2.05, 4.69) is 4.90 Å². The Kier molecular flexibility index (Phi) is 4.19. The van der Waals surface area contributed by atoms with Gasteiger partial charge in [-0.05, 0) is 25.2 Å². The number of rotatable bonds is 8. The fourth-order valence-electron chi connectivity index (χ4n) is 2.40. The summed E-state index contributed by atoms with van der Waals surface area (Å²) in [4.78, 5) is 2.32. The maximum atomic E-state index is 10.1. The molecule has 1 saturated carbocycles. The van der Waals surface area contributed by atoms with Gasteiger partial charge in [0.05, 0.1) is 18.8 Å². The molecule has 1 saturated heterocycles. The van der Waals surface area contributed by atoms with E-state index in [0.29, 0.717) is 19.1 Å². The minimum absolute atomic E-state index is 0.336. The third kappa shape index (κ3) is 3.17. The zero-order valence-electron chi connectivity index (χ0n) is 10.2. The fourth-order valence-corrected chi connectivity index (χ4v) is 2.40. The largest absolute Gasteiger partial charge is 0.387 e. The van der Waals surface area contributed by atoms with Gasteiger partial charge in [-0.3, -0.25) is 4.90 Å². The monoisotopic (exact) mass is 229 g/mol. The Morgan fingerprint density at radius 1 is 1.25 bits per heavy atom. The van der Waals surface area contributed by atoms with Crippen LogP contribution in [-0.2, 0) is 9.47 Å². The van der Waals surface area contributed by atoms with Gasteiger partial charge in [-0.2, -0.15) is 0 Å². The molecule has 0 bridgehead atoms. The SMILES string of the molecule is COCCOCCCN1CC(O)(C2CC2)C1. The third-order valence-electron chi connectivity index (χ3n) is 3.53. The van der Waals surface area contributed by atoms with Crippen molar-refractivity contribution in [1.82, 2.24) is 4.90 Å². The Morgan fingerprint density at radius 3 is 2.62 bits per heavy atom. The maximum absolute atomic E-state index is 10.1. The van der Waals surface area contributed by atoms with E-state index in [1.165, 1.54) is 12.8 Å². The predicted octanol–water partition coefficient (Wildman–Crippen LogP) is 0.496. The number of aliphatic hydroxyl groups is 1. The highest BCUT2D eigenvalue weighted by Crippen LogP contribution is 2.44. The van der Waals surface area contributed by atoms with Crippen LogP contribution in [0.25, 0.3) is 0 Å². The summed E-state index contributed by atoms with van der Waals surface area (Å²) in [6.07, 6.45) is 3.50. The summed E-state index contributed by atoms with van der Waals surface area (Å²) >= 11 is 0. The van der Waals surface area contributed by atoms with Crippen molar-refractivity contribution in [1.29, 1.82) is 0 Å². The molecule has 0 atom stereocenters. The van der Waals surface area contributed by atoms with E-state index < -0.39 is 0 Å². The fraction of sp³-hybridized carbons (Fsp3) is 1.00. The van der Waals surface area contributed by atoms with E-state index in [0.717, 1.165) is 32.7 Å². The summed E-state index contributed by atoms with van der Waals surface area (Å²) in [6.45, 7) is 4.93. The van der Waals surface area contributed by atoms with Crippen LogP contribution in [0.2, 0.25) is 0 Å². The lowest BCUT2D eigenvalue weighted by Gasteiger charge is -2.47. The average molecular weight is 229 g/mol. The van der Waals surface area contributed by atoms with Crippen molar-refractivity contribution >= 4 is 0 Å². The first-order chi connectivity index (χ1) is 7.74. The first-order valence-corrected chi connectivity index (χ1v) is 6.26. The molecule has 1 heterocycles. The van der Waals surface area contributed by atoms with E-state index in [1.54, 1.807) is 7.11 Å². The molecule has 0 amide bonds. The van der Waals surface area contributed by atoms with Crippen molar-refractivity contribution in [3.63, 3.8) is 0 Å². The van der Waals surface area contributed by atoms with Crippen LogP contribution in [0.4, 0.5) is 0 Å². The number of hydrogen-bond donors (Lipinski definition) is 1. The minimum Gasteiger partial charge on any atom is -0.387 e. The van der Waals surface area contributed by atoms with E-state index in [-0.39, 0.29) is 5.60 Å². The number of methoxy groups -OCH3 is 1.